The number of benzene rings is 1. The van der Waals surface area contributed by atoms with Gasteiger partial charge in [0.2, 0.25) is 10.0 Å². The summed E-state index contributed by atoms with van der Waals surface area (Å²) in [6.45, 7) is 3.63. The van der Waals surface area contributed by atoms with E-state index in [1.165, 1.54) is 6.07 Å². The number of carbonyl (C=O) groups excluding carboxylic acids is 1. The molecule has 104 valence electrons. The zero-order valence-corrected chi connectivity index (χ0v) is 11.4. The highest BCUT2D eigenvalue weighted by molar-refractivity contribution is 7.89. The normalized spacial score (nSPS) is 16.4. The van der Waals surface area contributed by atoms with Crippen LogP contribution in [0.15, 0.2) is 23.1 Å². The lowest BCUT2D eigenvalue weighted by molar-refractivity contribution is 0.0300. The number of nitrogens with two attached hydrogens (primary N) is 1. The third-order valence-electron chi connectivity index (χ3n) is 2.97. The quantitative estimate of drug-likeness (QED) is 0.835. The lowest BCUT2D eigenvalue weighted by atomic mass is 10.1. The number of rotatable bonds is 2. The van der Waals surface area contributed by atoms with Crippen LogP contribution >= 0.6 is 0 Å². The Morgan fingerprint density at radius 1 is 1.32 bits per heavy atom. The van der Waals surface area contributed by atoms with Gasteiger partial charge >= 0.3 is 0 Å². The van der Waals surface area contributed by atoms with E-state index < -0.39 is 10.0 Å². The maximum absolute atomic E-state index is 12.4. The molecular weight excluding hydrogens is 268 g/mol. The third-order valence-corrected chi connectivity index (χ3v) is 3.94. The highest BCUT2D eigenvalue weighted by atomic mass is 32.2. The van der Waals surface area contributed by atoms with Crippen molar-refractivity contribution in [3.63, 3.8) is 0 Å². The number of carbonyl (C=O) groups is 1. The molecule has 1 aliphatic rings. The Hall–Kier alpha value is -1.44. The second-order valence-electron chi connectivity index (χ2n) is 4.45. The van der Waals surface area contributed by atoms with Gasteiger partial charge in [-0.25, -0.2) is 13.6 Å². The van der Waals surface area contributed by atoms with Gasteiger partial charge in [-0.15, -0.1) is 0 Å². The fraction of sp³-hybridized carbons (Fsp3) is 0.417. The number of hydrogen-bond donors (Lipinski definition) is 1. The molecule has 1 aliphatic heterocycles. The van der Waals surface area contributed by atoms with E-state index in [9.17, 15) is 13.2 Å². The van der Waals surface area contributed by atoms with E-state index in [1.807, 2.05) is 0 Å². The lowest BCUT2D eigenvalue weighted by Gasteiger charge is -2.27. The lowest BCUT2D eigenvalue weighted by Crippen LogP contribution is -2.41. The predicted octanol–water partition coefficient (Wildman–Crippen LogP) is 0.115. The van der Waals surface area contributed by atoms with Crippen LogP contribution < -0.4 is 5.14 Å². The predicted molar refractivity (Wildman–Crippen MR) is 69.3 cm³/mol. The van der Waals surface area contributed by atoms with Gasteiger partial charge in [0.15, 0.2) is 0 Å². The molecule has 6 nitrogen and oxygen atoms in total. The van der Waals surface area contributed by atoms with Crippen molar-refractivity contribution in [2.75, 3.05) is 26.3 Å². The second kappa shape index (κ2) is 5.28. The summed E-state index contributed by atoms with van der Waals surface area (Å²) in [5.41, 5.74) is 0.938. The Bertz CT molecular complexity index is 592. The minimum absolute atomic E-state index is 0.129. The van der Waals surface area contributed by atoms with Crippen LogP contribution in [-0.2, 0) is 14.8 Å². The molecule has 1 fully saturated rings. The largest absolute Gasteiger partial charge is 0.378 e. The molecule has 0 spiro atoms. The average molecular weight is 284 g/mol. The molecule has 2 rings (SSSR count). The summed E-state index contributed by atoms with van der Waals surface area (Å²) in [5.74, 6) is -0.323. The van der Waals surface area contributed by atoms with E-state index in [2.05, 4.69) is 0 Å². The molecule has 0 saturated carbocycles. The molecule has 0 aliphatic carbocycles. The molecule has 0 atom stereocenters. The summed E-state index contributed by atoms with van der Waals surface area (Å²) in [7, 11) is -3.91. The molecular formula is C12H16N2O4S. The number of morpholine rings is 1. The molecule has 0 unspecified atom stereocenters. The summed E-state index contributed by atoms with van der Waals surface area (Å²) < 4.78 is 28.2. The van der Waals surface area contributed by atoms with Gasteiger partial charge in [0.25, 0.3) is 5.91 Å². The molecule has 2 N–H and O–H groups in total. The number of amides is 1. The van der Waals surface area contributed by atoms with Crippen LogP contribution in [0.3, 0.4) is 0 Å². The smallest absolute Gasteiger partial charge is 0.255 e. The summed E-state index contributed by atoms with van der Waals surface area (Å²) in [6.07, 6.45) is 0. The van der Waals surface area contributed by atoms with Crippen LogP contribution in [0.25, 0.3) is 0 Å². The fourth-order valence-corrected chi connectivity index (χ4v) is 2.71. The van der Waals surface area contributed by atoms with Crippen LogP contribution in [0.4, 0.5) is 0 Å². The number of aryl methyl sites for hydroxylation is 1. The molecule has 1 aromatic rings. The maximum Gasteiger partial charge on any atom is 0.255 e. The molecule has 1 saturated heterocycles. The van der Waals surface area contributed by atoms with E-state index in [-0.39, 0.29) is 16.4 Å². The molecule has 1 aromatic carbocycles. The zero-order chi connectivity index (χ0) is 14.0. The van der Waals surface area contributed by atoms with Crippen LogP contribution in [0.1, 0.15) is 15.9 Å². The average Bonchev–Trinajstić information content (AvgIpc) is 2.37. The minimum atomic E-state index is -3.91. The van der Waals surface area contributed by atoms with Gasteiger partial charge in [-0.05, 0) is 19.1 Å². The second-order valence-corrected chi connectivity index (χ2v) is 5.98. The molecule has 0 aromatic heterocycles. The zero-order valence-electron chi connectivity index (χ0n) is 10.6. The summed E-state index contributed by atoms with van der Waals surface area (Å²) >= 11 is 0. The van der Waals surface area contributed by atoms with Gasteiger partial charge in [-0.2, -0.15) is 0 Å². The van der Waals surface area contributed by atoms with Crippen molar-refractivity contribution in [1.29, 1.82) is 0 Å². The SMILES string of the molecule is Cc1ccc(S(N)(=O)=O)c(C(=O)N2CCOCC2)c1. The summed E-state index contributed by atoms with van der Waals surface area (Å²) in [5, 5.41) is 5.15. The van der Waals surface area contributed by atoms with Crippen LogP contribution in [0.5, 0.6) is 0 Å². The minimum Gasteiger partial charge on any atom is -0.378 e. The number of hydrogen-bond acceptors (Lipinski definition) is 4. The van der Waals surface area contributed by atoms with E-state index in [0.717, 1.165) is 5.56 Å². The van der Waals surface area contributed by atoms with E-state index >= 15 is 0 Å². The summed E-state index contributed by atoms with van der Waals surface area (Å²) in [4.78, 5) is 13.8. The number of nitrogens with zero attached hydrogens (tertiary/aromatic N) is 1. The van der Waals surface area contributed by atoms with Crippen LogP contribution in [0.2, 0.25) is 0 Å². The number of primary sulfonamides is 1. The Balaban J connectivity index is 2.42. The Labute approximate surface area is 112 Å². The van der Waals surface area contributed by atoms with E-state index in [0.29, 0.717) is 26.3 Å². The fourth-order valence-electron chi connectivity index (χ4n) is 2.00. The van der Waals surface area contributed by atoms with Crippen molar-refractivity contribution in [2.45, 2.75) is 11.8 Å². The highest BCUT2D eigenvalue weighted by Gasteiger charge is 2.24. The van der Waals surface area contributed by atoms with Gasteiger partial charge < -0.3 is 9.64 Å². The Morgan fingerprint density at radius 2 is 1.95 bits per heavy atom. The van der Waals surface area contributed by atoms with Crippen molar-refractivity contribution in [1.82, 2.24) is 4.90 Å². The molecule has 7 heteroatoms. The van der Waals surface area contributed by atoms with Gasteiger partial charge in [-0.3, -0.25) is 4.79 Å². The topological polar surface area (TPSA) is 89.7 Å². The monoisotopic (exact) mass is 284 g/mol. The van der Waals surface area contributed by atoms with E-state index in [1.54, 1.807) is 24.0 Å². The van der Waals surface area contributed by atoms with Gasteiger partial charge in [0.1, 0.15) is 0 Å². The van der Waals surface area contributed by atoms with Crippen molar-refractivity contribution < 1.29 is 17.9 Å². The van der Waals surface area contributed by atoms with Gasteiger partial charge in [0.05, 0.1) is 23.7 Å². The van der Waals surface area contributed by atoms with Crippen molar-refractivity contribution in [2.24, 2.45) is 5.14 Å². The molecule has 0 bridgehead atoms. The molecule has 19 heavy (non-hydrogen) atoms. The van der Waals surface area contributed by atoms with Crippen LogP contribution in [0, 0.1) is 6.92 Å². The van der Waals surface area contributed by atoms with Gasteiger partial charge in [-0.1, -0.05) is 11.6 Å². The Morgan fingerprint density at radius 3 is 2.53 bits per heavy atom. The number of sulfonamides is 1. The highest BCUT2D eigenvalue weighted by Crippen LogP contribution is 2.18. The molecule has 1 amide bonds. The first-order valence-corrected chi connectivity index (χ1v) is 7.45. The first-order chi connectivity index (χ1) is 8.89. The van der Waals surface area contributed by atoms with Crippen molar-refractivity contribution in [3.8, 4) is 0 Å². The van der Waals surface area contributed by atoms with Crippen molar-refractivity contribution in [3.05, 3.63) is 29.3 Å². The number of ether oxygens (including phenoxy) is 1. The maximum atomic E-state index is 12.4. The van der Waals surface area contributed by atoms with Gasteiger partial charge in [0, 0.05) is 13.1 Å². The molecule has 0 radical (unpaired) electrons. The Kier molecular flexibility index (Phi) is 3.88. The first-order valence-electron chi connectivity index (χ1n) is 5.90. The van der Waals surface area contributed by atoms with E-state index in [4.69, 9.17) is 9.88 Å². The first kappa shape index (κ1) is 14.0. The van der Waals surface area contributed by atoms with Crippen molar-refractivity contribution >= 4 is 15.9 Å². The standard InChI is InChI=1S/C12H16N2O4S/c1-9-2-3-11(19(13,16)17)10(8-9)12(15)14-4-6-18-7-5-14/h2-3,8H,4-7H2,1H3,(H2,13,16,17). The van der Waals surface area contributed by atoms with Crippen LogP contribution in [-0.4, -0.2) is 45.5 Å². The summed E-state index contributed by atoms with van der Waals surface area (Å²) in [6, 6.07) is 4.55. The third kappa shape index (κ3) is 3.12. The molecule has 1 heterocycles.